The van der Waals surface area contributed by atoms with Gasteiger partial charge in [-0.3, -0.25) is 4.79 Å². The van der Waals surface area contributed by atoms with Gasteiger partial charge in [0.1, 0.15) is 5.82 Å². The molecule has 1 aliphatic heterocycles. The molecule has 7 heteroatoms. The number of rotatable bonds is 5. The van der Waals surface area contributed by atoms with Gasteiger partial charge in [0, 0.05) is 18.5 Å². The molecule has 2 unspecified atom stereocenters. The lowest BCUT2D eigenvalue weighted by molar-refractivity contribution is -0.122. The Morgan fingerprint density at radius 3 is 2.68 bits per heavy atom. The van der Waals surface area contributed by atoms with E-state index in [1.165, 1.54) is 0 Å². The summed E-state index contributed by atoms with van der Waals surface area (Å²) in [5.41, 5.74) is 2.10. The molecule has 0 saturated carbocycles. The topological polar surface area (TPSA) is 59.0 Å². The summed E-state index contributed by atoms with van der Waals surface area (Å²) in [6.45, 7) is 7.33. The SMILES string of the molecule is CC(NC(=O)CC1CCCN1)c1nc2ccccc2n1C(C)C.Cl.Cl. The Labute approximate surface area is 161 Å². The van der Waals surface area contributed by atoms with E-state index in [0.717, 1.165) is 36.2 Å². The second kappa shape index (κ2) is 9.41. The molecule has 1 aromatic carbocycles. The van der Waals surface area contributed by atoms with Gasteiger partial charge in [-0.25, -0.2) is 4.98 Å². The number of nitrogens with zero attached hydrogens (tertiary/aromatic N) is 2. The van der Waals surface area contributed by atoms with Gasteiger partial charge in [-0.15, -0.1) is 24.8 Å². The van der Waals surface area contributed by atoms with E-state index in [4.69, 9.17) is 4.98 Å². The first-order valence-corrected chi connectivity index (χ1v) is 8.56. The molecule has 1 saturated heterocycles. The molecular formula is C18H28Cl2N4O. The highest BCUT2D eigenvalue weighted by atomic mass is 35.5. The molecule has 25 heavy (non-hydrogen) atoms. The molecule has 1 amide bonds. The van der Waals surface area contributed by atoms with Crippen LogP contribution in [0.5, 0.6) is 0 Å². The maximum atomic E-state index is 12.3. The van der Waals surface area contributed by atoms with E-state index in [0.29, 0.717) is 18.5 Å². The van der Waals surface area contributed by atoms with Crippen LogP contribution in [0.2, 0.25) is 0 Å². The molecule has 1 aromatic heterocycles. The third kappa shape index (κ3) is 4.87. The standard InChI is InChI=1S/C18H26N4O.2ClH/c1-12(2)22-16-9-5-4-8-15(16)21-18(22)13(3)20-17(23)11-14-7-6-10-19-14;;/h4-5,8-9,12-14,19H,6-7,10-11H2,1-3H3,(H,20,23);2*1H. The number of aromatic nitrogens is 2. The number of carbonyl (C=O) groups is 1. The van der Waals surface area contributed by atoms with Gasteiger partial charge in [0.2, 0.25) is 5.91 Å². The van der Waals surface area contributed by atoms with E-state index >= 15 is 0 Å². The third-order valence-corrected chi connectivity index (χ3v) is 4.50. The van der Waals surface area contributed by atoms with Crippen molar-refractivity contribution in [1.82, 2.24) is 20.2 Å². The average molecular weight is 387 g/mol. The van der Waals surface area contributed by atoms with E-state index < -0.39 is 0 Å². The first-order chi connectivity index (χ1) is 11.1. The van der Waals surface area contributed by atoms with Gasteiger partial charge in [-0.2, -0.15) is 0 Å². The van der Waals surface area contributed by atoms with E-state index in [1.807, 2.05) is 25.1 Å². The molecule has 1 fully saturated rings. The molecule has 0 radical (unpaired) electrons. The normalized spacial score (nSPS) is 17.8. The van der Waals surface area contributed by atoms with Crippen LogP contribution in [0.4, 0.5) is 0 Å². The largest absolute Gasteiger partial charge is 0.346 e. The number of halogens is 2. The number of imidazole rings is 1. The van der Waals surface area contributed by atoms with Crippen LogP contribution >= 0.6 is 24.8 Å². The zero-order valence-electron chi connectivity index (χ0n) is 15.0. The zero-order chi connectivity index (χ0) is 16.4. The van der Waals surface area contributed by atoms with Crippen LogP contribution in [-0.2, 0) is 4.79 Å². The van der Waals surface area contributed by atoms with Crippen molar-refractivity contribution in [3.05, 3.63) is 30.1 Å². The van der Waals surface area contributed by atoms with Gasteiger partial charge in [0.05, 0.1) is 17.1 Å². The van der Waals surface area contributed by atoms with Gasteiger partial charge in [0.25, 0.3) is 0 Å². The molecule has 3 rings (SSSR count). The number of amides is 1. The predicted octanol–water partition coefficient (Wildman–Crippen LogP) is 3.78. The monoisotopic (exact) mass is 386 g/mol. The smallest absolute Gasteiger partial charge is 0.222 e. The second-order valence-corrected chi connectivity index (χ2v) is 6.71. The molecule has 0 spiro atoms. The van der Waals surface area contributed by atoms with Gasteiger partial charge in [-0.05, 0) is 52.3 Å². The Bertz CT molecular complexity index is 695. The molecule has 140 valence electrons. The molecule has 2 N–H and O–H groups in total. The summed E-state index contributed by atoms with van der Waals surface area (Å²) in [5.74, 6) is 1.02. The van der Waals surface area contributed by atoms with Crippen LogP contribution in [0, 0.1) is 0 Å². The number of benzene rings is 1. The van der Waals surface area contributed by atoms with Crippen molar-refractivity contribution >= 4 is 41.8 Å². The third-order valence-electron chi connectivity index (χ3n) is 4.50. The number of carbonyl (C=O) groups excluding carboxylic acids is 1. The summed E-state index contributed by atoms with van der Waals surface area (Å²) in [5, 5.41) is 6.49. The van der Waals surface area contributed by atoms with Crippen molar-refractivity contribution in [3.8, 4) is 0 Å². The number of nitrogens with one attached hydrogen (secondary N) is 2. The van der Waals surface area contributed by atoms with E-state index in [1.54, 1.807) is 0 Å². The number of hydrogen-bond donors (Lipinski definition) is 2. The van der Waals surface area contributed by atoms with E-state index in [2.05, 4.69) is 35.1 Å². The maximum absolute atomic E-state index is 12.3. The molecule has 0 aliphatic carbocycles. The zero-order valence-corrected chi connectivity index (χ0v) is 16.6. The summed E-state index contributed by atoms with van der Waals surface area (Å²) in [6, 6.07) is 8.66. The molecule has 0 bridgehead atoms. The predicted molar refractivity (Wildman–Crippen MR) is 107 cm³/mol. The van der Waals surface area contributed by atoms with E-state index in [9.17, 15) is 4.79 Å². The van der Waals surface area contributed by atoms with Crippen molar-refractivity contribution in [2.75, 3.05) is 6.54 Å². The highest BCUT2D eigenvalue weighted by Crippen LogP contribution is 2.25. The number of para-hydroxylation sites is 2. The molecule has 2 heterocycles. The molecule has 2 aromatic rings. The minimum absolute atomic E-state index is 0. The summed E-state index contributed by atoms with van der Waals surface area (Å²) in [6.07, 6.45) is 2.80. The van der Waals surface area contributed by atoms with Gasteiger partial charge in [0.15, 0.2) is 0 Å². The van der Waals surface area contributed by atoms with Crippen LogP contribution in [0.15, 0.2) is 24.3 Å². The van der Waals surface area contributed by atoms with Crippen LogP contribution in [-0.4, -0.2) is 28.0 Å². The maximum Gasteiger partial charge on any atom is 0.222 e. The highest BCUT2D eigenvalue weighted by Gasteiger charge is 2.22. The van der Waals surface area contributed by atoms with Crippen molar-refractivity contribution in [1.29, 1.82) is 0 Å². The van der Waals surface area contributed by atoms with E-state index in [-0.39, 0.29) is 36.8 Å². The summed E-state index contributed by atoms with van der Waals surface area (Å²) in [4.78, 5) is 17.0. The van der Waals surface area contributed by atoms with Crippen LogP contribution in [0.1, 0.15) is 57.9 Å². The van der Waals surface area contributed by atoms with Gasteiger partial charge >= 0.3 is 0 Å². The average Bonchev–Trinajstić information content (AvgIpc) is 3.13. The lowest BCUT2D eigenvalue weighted by Gasteiger charge is -2.19. The fourth-order valence-electron chi connectivity index (χ4n) is 3.43. The first kappa shape index (κ1) is 21.7. The first-order valence-electron chi connectivity index (χ1n) is 8.56. The Hall–Kier alpha value is -1.30. The van der Waals surface area contributed by atoms with Crippen molar-refractivity contribution in [2.45, 2.75) is 58.2 Å². The lowest BCUT2D eigenvalue weighted by Crippen LogP contribution is -2.34. The summed E-state index contributed by atoms with van der Waals surface area (Å²) < 4.78 is 2.22. The number of fused-ring (bicyclic) bond motifs is 1. The highest BCUT2D eigenvalue weighted by molar-refractivity contribution is 5.85. The van der Waals surface area contributed by atoms with Crippen LogP contribution in [0.25, 0.3) is 11.0 Å². The second-order valence-electron chi connectivity index (χ2n) is 6.71. The van der Waals surface area contributed by atoms with Gasteiger partial charge < -0.3 is 15.2 Å². The Balaban J connectivity index is 0.00000156. The molecular weight excluding hydrogens is 359 g/mol. The fraction of sp³-hybridized carbons (Fsp3) is 0.556. The van der Waals surface area contributed by atoms with Crippen molar-refractivity contribution in [2.24, 2.45) is 0 Å². The summed E-state index contributed by atoms with van der Waals surface area (Å²) in [7, 11) is 0. The molecule has 1 aliphatic rings. The quantitative estimate of drug-likeness (QED) is 0.821. The minimum atomic E-state index is -0.0984. The summed E-state index contributed by atoms with van der Waals surface area (Å²) >= 11 is 0. The lowest BCUT2D eigenvalue weighted by atomic mass is 10.1. The Kier molecular flexibility index (Phi) is 8.19. The van der Waals surface area contributed by atoms with Crippen LogP contribution < -0.4 is 10.6 Å². The van der Waals surface area contributed by atoms with Crippen molar-refractivity contribution < 1.29 is 4.79 Å². The number of hydrogen-bond acceptors (Lipinski definition) is 3. The Morgan fingerprint density at radius 2 is 2.04 bits per heavy atom. The van der Waals surface area contributed by atoms with Crippen LogP contribution in [0.3, 0.4) is 0 Å². The van der Waals surface area contributed by atoms with Crippen molar-refractivity contribution in [3.63, 3.8) is 0 Å². The van der Waals surface area contributed by atoms with Gasteiger partial charge in [-0.1, -0.05) is 12.1 Å². The fourth-order valence-corrected chi connectivity index (χ4v) is 3.43. The Morgan fingerprint density at radius 1 is 1.32 bits per heavy atom. The molecule has 5 nitrogen and oxygen atoms in total. The minimum Gasteiger partial charge on any atom is -0.346 e. The molecule has 2 atom stereocenters.